The summed E-state index contributed by atoms with van der Waals surface area (Å²) in [7, 11) is 0. The molecule has 0 unspecified atom stereocenters. The Hall–Kier alpha value is -1.61. The summed E-state index contributed by atoms with van der Waals surface area (Å²) in [5.74, 6) is 0. The molecule has 3 aromatic rings. The highest BCUT2D eigenvalue weighted by atomic mass is 32.1. The molecule has 80 valence electrons. The number of nitrogens with zero attached hydrogens (tertiary/aromatic N) is 2. The summed E-state index contributed by atoms with van der Waals surface area (Å²) < 4.78 is 2.18. The van der Waals surface area contributed by atoms with Gasteiger partial charge in [-0.05, 0) is 12.0 Å². The van der Waals surface area contributed by atoms with Crippen molar-refractivity contribution in [2.75, 3.05) is 0 Å². The third-order valence-electron chi connectivity index (χ3n) is 2.69. The van der Waals surface area contributed by atoms with Crippen LogP contribution in [0.15, 0.2) is 42.7 Å². The minimum Gasteiger partial charge on any atom is -0.290 e. The van der Waals surface area contributed by atoms with Crippen molar-refractivity contribution < 1.29 is 0 Å². The van der Waals surface area contributed by atoms with E-state index in [1.165, 1.54) is 16.1 Å². The largest absolute Gasteiger partial charge is 0.290 e. The Bertz CT molecular complexity index is 607. The molecule has 0 saturated heterocycles. The average Bonchev–Trinajstić information content (AvgIpc) is 2.89. The number of rotatable bonds is 2. The van der Waals surface area contributed by atoms with Gasteiger partial charge in [0.1, 0.15) is 0 Å². The van der Waals surface area contributed by atoms with Gasteiger partial charge in [-0.3, -0.25) is 4.40 Å². The second kappa shape index (κ2) is 3.76. The topological polar surface area (TPSA) is 17.3 Å². The Labute approximate surface area is 98.2 Å². The number of hydrogen-bond acceptors (Lipinski definition) is 2. The predicted molar refractivity (Wildman–Crippen MR) is 67.9 cm³/mol. The number of aryl methyl sites for hydroxylation is 1. The molecule has 3 rings (SSSR count). The average molecular weight is 228 g/mol. The zero-order chi connectivity index (χ0) is 11.0. The third kappa shape index (κ3) is 1.36. The van der Waals surface area contributed by atoms with Crippen molar-refractivity contribution in [3.63, 3.8) is 0 Å². The lowest BCUT2D eigenvalue weighted by Gasteiger charge is -2.02. The van der Waals surface area contributed by atoms with Gasteiger partial charge >= 0.3 is 0 Å². The van der Waals surface area contributed by atoms with Crippen LogP contribution >= 0.6 is 11.3 Å². The predicted octanol–water partition coefficient (Wildman–Crippen LogP) is 3.63. The van der Waals surface area contributed by atoms with Gasteiger partial charge in [0.25, 0.3) is 0 Å². The van der Waals surface area contributed by atoms with Crippen LogP contribution in [0.4, 0.5) is 0 Å². The molecule has 0 spiro atoms. The first-order valence-electron chi connectivity index (χ1n) is 5.40. The molecule has 0 aliphatic rings. The lowest BCUT2D eigenvalue weighted by molar-refractivity contribution is 1.14. The summed E-state index contributed by atoms with van der Waals surface area (Å²) >= 11 is 1.78. The van der Waals surface area contributed by atoms with Crippen LogP contribution in [0.1, 0.15) is 11.8 Å². The van der Waals surface area contributed by atoms with Crippen LogP contribution in [0.25, 0.3) is 16.2 Å². The van der Waals surface area contributed by atoms with Gasteiger partial charge in [-0.1, -0.05) is 37.3 Å². The van der Waals surface area contributed by atoms with E-state index in [0.29, 0.717) is 0 Å². The zero-order valence-corrected chi connectivity index (χ0v) is 9.87. The molecule has 2 nitrogen and oxygen atoms in total. The molecule has 0 aliphatic carbocycles. The first-order chi connectivity index (χ1) is 7.90. The van der Waals surface area contributed by atoms with Gasteiger partial charge < -0.3 is 0 Å². The van der Waals surface area contributed by atoms with E-state index in [-0.39, 0.29) is 0 Å². The van der Waals surface area contributed by atoms with E-state index in [2.05, 4.69) is 40.6 Å². The van der Waals surface area contributed by atoms with Gasteiger partial charge in [-0.2, -0.15) is 0 Å². The van der Waals surface area contributed by atoms with Gasteiger partial charge in [-0.15, -0.1) is 11.3 Å². The molecular weight excluding hydrogens is 216 g/mol. The van der Waals surface area contributed by atoms with Crippen molar-refractivity contribution >= 4 is 16.3 Å². The number of benzene rings is 1. The van der Waals surface area contributed by atoms with E-state index in [4.69, 9.17) is 0 Å². The number of thiazole rings is 1. The molecule has 2 heterocycles. The Morgan fingerprint density at radius 1 is 1.25 bits per heavy atom. The van der Waals surface area contributed by atoms with Crippen LogP contribution in [0.3, 0.4) is 0 Å². The van der Waals surface area contributed by atoms with Crippen molar-refractivity contribution in [2.45, 2.75) is 13.3 Å². The molecular formula is C13H12N2S. The standard InChI is InChI=1S/C13H12N2S/c1-2-11-12(10-6-4-3-5-7-10)15-9-8-14-13(15)16-11/h3-9H,2H2,1H3. The minimum atomic E-state index is 1.05. The van der Waals surface area contributed by atoms with Crippen molar-refractivity contribution in [1.82, 2.24) is 9.38 Å². The monoisotopic (exact) mass is 228 g/mol. The molecule has 0 fully saturated rings. The second-order valence-corrected chi connectivity index (χ2v) is 4.74. The van der Waals surface area contributed by atoms with Crippen molar-refractivity contribution in [3.05, 3.63) is 47.6 Å². The fourth-order valence-electron chi connectivity index (χ4n) is 1.96. The number of aromatic nitrogens is 2. The van der Waals surface area contributed by atoms with E-state index in [0.717, 1.165) is 11.4 Å². The molecule has 3 heteroatoms. The Morgan fingerprint density at radius 3 is 2.81 bits per heavy atom. The van der Waals surface area contributed by atoms with Crippen LogP contribution in [0, 0.1) is 0 Å². The van der Waals surface area contributed by atoms with Crippen molar-refractivity contribution in [3.8, 4) is 11.3 Å². The minimum absolute atomic E-state index is 1.05. The summed E-state index contributed by atoms with van der Waals surface area (Å²) in [6, 6.07) is 10.5. The molecule has 0 bridgehead atoms. The Morgan fingerprint density at radius 2 is 2.06 bits per heavy atom. The maximum absolute atomic E-state index is 4.35. The highest BCUT2D eigenvalue weighted by molar-refractivity contribution is 7.17. The molecule has 16 heavy (non-hydrogen) atoms. The maximum atomic E-state index is 4.35. The normalized spacial score (nSPS) is 11.1. The highest BCUT2D eigenvalue weighted by Crippen LogP contribution is 2.31. The Kier molecular flexibility index (Phi) is 2.26. The van der Waals surface area contributed by atoms with E-state index in [1.54, 1.807) is 11.3 Å². The summed E-state index contributed by atoms with van der Waals surface area (Å²) in [4.78, 5) is 6.83. The molecule has 0 atom stereocenters. The van der Waals surface area contributed by atoms with Crippen LogP contribution < -0.4 is 0 Å². The molecule has 2 aromatic heterocycles. The van der Waals surface area contributed by atoms with Gasteiger partial charge in [0, 0.05) is 17.3 Å². The van der Waals surface area contributed by atoms with Gasteiger partial charge in [0.15, 0.2) is 4.96 Å². The molecule has 1 aromatic carbocycles. The van der Waals surface area contributed by atoms with E-state index >= 15 is 0 Å². The van der Waals surface area contributed by atoms with Gasteiger partial charge in [0.05, 0.1) is 5.69 Å². The second-order valence-electron chi connectivity index (χ2n) is 3.67. The third-order valence-corrected chi connectivity index (χ3v) is 3.91. The lowest BCUT2D eigenvalue weighted by Crippen LogP contribution is -1.87. The fourth-order valence-corrected chi connectivity index (χ4v) is 3.01. The Balaban J connectivity index is 2.32. The summed E-state index contributed by atoms with van der Waals surface area (Å²) in [5, 5.41) is 0. The number of imidazole rings is 1. The lowest BCUT2D eigenvalue weighted by atomic mass is 10.1. The highest BCUT2D eigenvalue weighted by Gasteiger charge is 2.12. The molecule has 0 saturated carbocycles. The SMILES string of the molecule is CCc1sc2nccn2c1-c1ccccc1. The molecule has 0 radical (unpaired) electrons. The first-order valence-corrected chi connectivity index (χ1v) is 6.22. The van der Waals surface area contributed by atoms with Crippen LogP contribution in [-0.2, 0) is 6.42 Å². The molecule has 0 N–H and O–H groups in total. The first kappa shape index (κ1) is 9.60. The zero-order valence-electron chi connectivity index (χ0n) is 9.05. The van der Waals surface area contributed by atoms with Gasteiger partial charge in [0.2, 0.25) is 0 Å². The fraction of sp³-hybridized carbons (Fsp3) is 0.154. The van der Waals surface area contributed by atoms with Crippen molar-refractivity contribution in [2.24, 2.45) is 0 Å². The number of hydrogen-bond donors (Lipinski definition) is 0. The van der Waals surface area contributed by atoms with Crippen molar-refractivity contribution in [1.29, 1.82) is 0 Å². The maximum Gasteiger partial charge on any atom is 0.194 e. The van der Waals surface area contributed by atoms with Gasteiger partial charge in [-0.25, -0.2) is 4.98 Å². The van der Waals surface area contributed by atoms with Crippen LogP contribution in [0.2, 0.25) is 0 Å². The van der Waals surface area contributed by atoms with E-state index < -0.39 is 0 Å². The molecule has 0 aliphatic heterocycles. The summed E-state index contributed by atoms with van der Waals surface area (Å²) in [6.07, 6.45) is 4.95. The summed E-state index contributed by atoms with van der Waals surface area (Å²) in [5.41, 5.74) is 2.56. The van der Waals surface area contributed by atoms with Crippen LogP contribution in [-0.4, -0.2) is 9.38 Å². The van der Waals surface area contributed by atoms with Crippen LogP contribution in [0.5, 0.6) is 0 Å². The van der Waals surface area contributed by atoms with E-state index in [1.807, 2.05) is 18.5 Å². The molecule has 0 amide bonds. The number of fused-ring (bicyclic) bond motifs is 1. The summed E-state index contributed by atoms with van der Waals surface area (Å²) in [6.45, 7) is 2.19. The van der Waals surface area contributed by atoms with E-state index in [9.17, 15) is 0 Å². The quantitative estimate of drug-likeness (QED) is 0.654. The smallest absolute Gasteiger partial charge is 0.194 e.